The second-order valence-corrected chi connectivity index (χ2v) is 8.92. The summed E-state index contributed by atoms with van der Waals surface area (Å²) in [5.41, 5.74) is 2.54. The van der Waals surface area contributed by atoms with Gasteiger partial charge < -0.3 is 14.6 Å². The number of halogens is 1. The smallest absolute Gasteiger partial charge is 0.317 e. The van der Waals surface area contributed by atoms with Crippen molar-refractivity contribution in [1.82, 2.24) is 14.7 Å². The van der Waals surface area contributed by atoms with Gasteiger partial charge in [-0.05, 0) is 37.6 Å². The van der Waals surface area contributed by atoms with Crippen LogP contribution >= 0.6 is 15.9 Å². The molecule has 0 spiro atoms. The topological polar surface area (TPSA) is 93.9 Å². The van der Waals surface area contributed by atoms with Crippen LogP contribution in [0.15, 0.2) is 46.9 Å². The lowest BCUT2D eigenvalue weighted by Crippen LogP contribution is -2.28. The Morgan fingerprint density at radius 3 is 2.85 bits per heavy atom. The summed E-state index contributed by atoms with van der Waals surface area (Å²) in [4.78, 5) is 25.1. The Morgan fingerprint density at radius 2 is 2.06 bits per heavy atom. The number of nitrogens with zero attached hydrogens (tertiary/aromatic N) is 3. The van der Waals surface area contributed by atoms with E-state index in [-0.39, 0.29) is 31.6 Å². The number of rotatable bonds is 9. The van der Waals surface area contributed by atoms with E-state index < -0.39 is 5.97 Å². The molecule has 9 heteroatoms. The summed E-state index contributed by atoms with van der Waals surface area (Å²) in [5, 5.41) is 14.9. The van der Waals surface area contributed by atoms with Crippen LogP contribution in [0.3, 0.4) is 0 Å². The van der Waals surface area contributed by atoms with Crippen molar-refractivity contribution in [2.24, 2.45) is 0 Å². The third-order valence-corrected chi connectivity index (χ3v) is 6.18. The van der Waals surface area contributed by atoms with Crippen LogP contribution < -0.4 is 4.74 Å². The van der Waals surface area contributed by atoms with E-state index in [2.05, 4.69) is 15.9 Å². The van der Waals surface area contributed by atoms with E-state index >= 15 is 0 Å². The molecule has 0 aliphatic carbocycles. The maximum atomic E-state index is 12.0. The highest BCUT2D eigenvalue weighted by molar-refractivity contribution is 9.10. The van der Waals surface area contributed by atoms with Crippen molar-refractivity contribution in [3.8, 4) is 5.75 Å². The van der Waals surface area contributed by atoms with Crippen molar-refractivity contribution in [3.05, 3.63) is 58.2 Å². The van der Waals surface area contributed by atoms with Gasteiger partial charge in [0.25, 0.3) is 0 Å². The van der Waals surface area contributed by atoms with Crippen LogP contribution in [-0.2, 0) is 27.4 Å². The molecule has 2 heterocycles. The summed E-state index contributed by atoms with van der Waals surface area (Å²) >= 11 is 3.54. The fourth-order valence-electron chi connectivity index (χ4n) is 4.22. The summed E-state index contributed by atoms with van der Waals surface area (Å²) in [5.74, 6) is -0.496. The van der Waals surface area contributed by atoms with Gasteiger partial charge in [0, 0.05) is 28.5 Å². The number of carboxylic acid groups (broad SMARTS) is 1. The van der Waals surface area contributed by atoms with Gasteiger partial charge in [0.2, 0.25) is 0 Å². The minimum Gasteiger partial charge on any atom is -0.487 e. The van der Waals surface area contributed by atoms with E-state index in [9.17, 15) is 9.59 Å². The number of ether oxygens (including phenoxy) is 2. The number of hydrogen-bond acceptors (Lipinski definition) is 6. The van der Waals surface area contributed by atoms with Gasteiger partial charge in [0.1, 0.15) is 12.4 Å². The molecule has 0 amide bonds. The first-order chi connectivity index (χ1) is 15.9. The molecular weight excluding hydrogens is 490 g/mol. The van der Waals surface area contributed by atoms with Crippen LogP contribution in [0.1, 0.15) is 30.6 Å². The fourth-order valence-corrected chi connectivity index (χ4v) is 4.58. The molecule has 1 aliphatic rings. The van der Waals surface area contributed by atoms with Crippen LogP contribution in [0.25, 0.3) is 10.9 Å². The number of hydrogen-bond donors (Lipinski definition) is 1. The Bertz CT molecular complexity index is 1160. The van der Waals surface area contributed by atoms with Crippen molar-refractivity contribution in [3.63, 3.8) is 0 Å². The SMILES string of the molecule is CCOC(=O)Cc1ccccc1OCc1c2cc(Br)ccc2nn1C1CCN(CC(=O)O)C1. The lowest BCUT2D eigenvalue weighted by atomic mass is 10.1. The van der Waals surface area contributed by atoms with Gasteiger partial charge in [-0.1, -0.05) is 34.1 Å². The van der Waals surface area contributed by atoms with Gasteiger partial charge in [0.05, 0.1) is 36.8 Å². The molecule has 2 aromatic carbocycles. The molecule has 174 valence electrons. The van der Waals surface area contributed by atoms with Crippen LogP contribution in [-0.4, -0.2) is 58.0 Å². The third-order valence-electron chi connectivity index (χ3n) is 5.69. The van der Waals surface area contributed by atoms with Gasteiger partial charge in [0.15, 0.2) is 0 Å². The van der Waals surface area contributed by atoms with E-state index in [0.29, 0.717) is 25.4 Å². The molecule has 1 saturated heterocycles. The summed E-state index contributed by atoms with van der Waals surface area (Å²) in [6, 6.07) is 13.4. The van der Waals surface area contributed by atoms with Crippen molar-refractivity contribution in [2.45, 2.75) is 32.4 Å². The van der Waals surface area contributed by atoms with E-state index in [0.717, 1.165) is 33.1 Å². The normalized spacial score (nSPS) is 16.2. The number of carbonyl (C=O) groups is 2. The van der Waals surface area contributed by atoms with Crippen LogP contribution in [0, 0.1) is 0 Å². The molecule has 1 aliphatic heterocycles. The average molecular weight is 516 g/mol. The number of carboxylic acids is 1. The van der Waals surface area contributed by atoms with Gasteiger partial charge in [-0.2, -0.15) is 5.10 Å². The Hall–Kier alpha value is -2.91. The number of esters is 1. The average Bonchev–Trinajstić information content (AvgIpc) is 3.37. The molecule has 3 aromatic rings. The first-order valence-electron chi connectivity index (χ1n) is 10.9. The quantitative estimate of drug-likeness (QED) is 0.433. The number of likely N-dealkylation sites (tertiary alicyclic amines) is 1. The first-order valence-corrected chi connectivity index (χ1v) is 11.7. The van der Waals surface area contributed by atoms with Crippen molar-refractivity contribution in [2.75, 3.05) is 26.2 Å². The zero-order valence-electron chi connectivity index (χ0n) is 18.4. The second kappa shape index (κ2) is 10.4. The standard InChI is InChI=1S/C24H26BrN3O5/c1-2-32-24(31)11-16-5-3-4-6-22(16)33-15-21-19-12-17(25)7-8-20(19)26-28(21)18-9-10-27(13-18)14-23(29)30/h3-8,12,18H,2,9-11,13-15H2,1H3,(H,29,30). The van der Waals surface area contributed by atoms with Crippen molar-refractivity contribution in [1.29, 1.82) is 0 Å². The molecule has 0 radical (unpaired) electrons. The number of fused-ring (bicyclic) bond motifs is 1. The third kappa shape index (κ3) is 5.54. The molecule has 0 bridgehead atoms. The maximum Gasteiger partial charge on any atom is 0.317 e. The Morgan fingerprint density at radius 1 is 1.24 bits per heavy atom. The highest BCUT2D eigenvalue weighted by Gasteiger charge is 2.28. The minimum absolute atomic E-state index is 0.0237. The number of carbonyl (C=O) groups excluding carboxylic acids is 1. The second-order valence-electron chi connectivity index (χ2n) is 8.00. The molecule has 8 nitrogen and oxygen atoms in total. The highest BCUT2D eigenvalue weighted by atomic mass is 79.9. The summed E-state index contributed by atoms with van der Waals surface area (Å²) < 4.78 is 14.2. The number of para-hydroxylation sites is 1. The van der Waals surface area contributed by atoms with E-state index in [4.69, 9.17) is 19.7 Å². The summed E-state index contributed by atoms with van der Waals surface area (Å²) in [6.45, 7) is 3.74. The zero-order valence-corrected chi connectivity index (χ0v) is 20.0. The van der Waals surface area contributed by atoms with Gasteiger partial charge >= 0.3 is 11.9 Å². The molecule has 1 N–H and O–H groups in total. The minimum atomic E-state index is -0.827. The zero-order chi connectivity index (χ0) is 23.4. The predicted octanol–water partition coefficient (Wildman–Crippen LogP) is 3.81. The Kier molecular flexibility index (Phi) is 7.29. The lowest BCUT2D eigenvalue weighted by molar-refractivity contribution is -0.142. The predicted molar refractivity (Wildman–Crippen MR) is 126 cm³/mol. The fraction of sp³-hybridized carbons (Fsp3) is 0.375. The van der Waals surface area contributed by atoms with Crippen molar-refractivity contribution < 1.29 is 24.2 Å². The van der Waals surface area contributed by atoms with Gasteiger partial charge in [-0.15, -0.1) is 0 Å². The molecule has 1 atom stereocenters. The van der Waals surface area contributed by atoms with Crippen LogP contribution in [0.5, 0.6) is 5.75 Å². The lowest BCUT2D eigenvalue weighted by Gasteiger charge is -2.17. The first kappa shape index (κ1) is 23.3. The van der Waals surface area contributed by atoms with Crippen molar-refractivity contribution >= 4 is 38.8 Å². The number of aromatic nitrogens is 2. The molecule has 4 rings (SSSR count). The van der Waals surface area contributed by atoms with E-state index in [1.807, 2.05) is 52.0 Å². The van der Waals surface area contributed by atoms with E-state index in [1.165, 1.54) is 0 Å². The van der Waals surface area contributed by atoms with E-state index in [1.54, 1.807) is 6.92 Å². The molecule has 1 aromatic heterocycles. The van der Waals surface area contributed by atoms with Crippen LogP contribution in [0.4, 0.5) is 0 Å². The molecule has 33 heavy (non-hydrogen) atoms. The van der Waals surface area contributed by atoms with Gasteiger partial charge in [-0.25, -0.2) is 0 Å². The monoisotopic (exact) mass is 515 g/mol. The summed E-state index contributed by atoms with van der Waals surface area (Å²) in [6.07, 6.45) is 0.956. The highest BCUT2D eigenvalue weighted by Crippen LogP contribution is 2.30. The Labute approximate surface area is 200 Å². The summed E-state index contributed by atoms with van der Waals surface area (Å²) in [7, 11) is 0. The largest absolute Gasteiger partial charge is 0.487 e. The van der Waals surface area contributed by atoms with Gasteiger partial charge in [-0.3, -0.25) is 19.2 Å². The van der Waals surface area contributed by atoms with Crippen LogP contribution in [0.2, 0.25) is 0 Å². The Balaban J connectivity index is 1.60. The molecule has 1 unspecified atom stereocenters. The molecule has 1 fully saturated rings. The molecule has 0 saturated carbocycles. The number of aliphatic carboxylic acids is 1. The molecular formula is C24H26BrN3O5. The number of benzene rings is 2. The maximum absolute atomic E-state index is 12.0.